The van der Waals surface area contributed by atoms with Crippen molar-refractivity contribution in [2.24, 2.45) is 10.2 Å². The number of nitro groups is 1. The quantitative estimate of drug-likeness (QED) is 0.246. The third-order valence-electron chi connectivity index (χ3n) is 3.42. The molecule has 0 atom stereocenters. The van der Waals surface area contributed by atoms with Crippen molar-refractivity contribution in [2.75, 3.05) is 0 Å². The Morgan fingerprint density at radius 1 is 1.19 bits per heavy atom. The van der Waals surface area contributed by atoms with Gasteiger partial charge >= 0.3 is 5.97 Å². The molecule has 0 aliphatic rings. The summed E-state index contributed by atoms with van der Waals surface area (Å²) in [6.45, 7) is 1.27. The predicted molar refractivity (Wildman–Crippen MR) is 92.0 cm³/mol. The maximum absolute atomic E-state index is 11.3. The SMILES string of the molecule is CC(=O)Oc1cc(N=Nc2ccc([N+](=O)[O-])cn2)c(O)c2ccccc12. The number of phenolic OH excluding ortho intramolecular Hbond substituents is 1. The van der Waals surface area contributed by atoms with E-state index in [0.29, 0.717) is 10.8 Å². The zero-order valence-electron chi connectivity index (χ0n) is 13.5. The molecule has 130 valence electrons. The van der Waals surface area contributed by atoms with Crippen LogP contribution in [0.3, 0.4) is 0 Å². The van der Waals surface area contributed by atoms with E-state index >= 15 is 0 Å². The standard InChI is InChI=1S/C17H12N4O5/c1-10(22)26-15-8-14(17(23)13-5-3-2-4-12(13)15)19-20-16-7-6-11(9-18-16)21(24)25/h2-9,23H,1H3. The fourth-order valence-corrected chi connectivity index (χ4v) is 2.28. The summed E-state index contributed by atoms with van der Waals surface area (Å²) in [5.41, 5.74) is -0.102. The number of carbonyl (C=O) groups is 1. The molecule has 0 amide bonds. The van der Waals surface area contributed by atoms with Crippen molar-refractivity contribution < 1.29 is 19.6 Å². The average molecular weight is 352 g/mol. The van der Waals surface area contributed by atoms with E-state index in [9.17, 15) is 20.0 Å². The maximum Gasteiger partial charge on any atom is 0.308 e. The highest BCUT2D eigenvalue weighted by molar-refractivity contribution is 5.98. The fraction of sp³-hybridized carbons (Fsp3) is 0.0588. The van der Waals surface area contributed by atoms with Crippen LogP contribution < -0.4 is 4.74 Å². The number of esters is 1. The van der Waals surface area contributed by atoms with Gasteiger partial charge in [-0.05, 0) is 6.07 Å². The topological polar surface area (TPSA) is 127 Å². The number of fused-ring (bicyclic) bond motifs is 1. The number of pyridine rings is 1. The van der Waals surface area contributed by atoms with E-state index in [4.69, 9.17) is 4.74 Å². The van der Waals surface area contributed by atoms with Crippen LogP contribution in [0.4, 0.5) is 17.2 Å². The van der Waals surface area contributed by atoms with Gasteiger partial charge in [0.05, 0.1) is 4.92 Å². The average Bonchev–Trinajstić information content (AvgIpc) is 2.63. The van der Waals surface area contributed by atoms with Crippen LogP contribution >= 0.6 is 0 Å². The molecular weight excluding hydrogens is 340 g/mol. The molecule has 1 heterocycles. The summed E-state index contributed by atoms with van der Waals surface area (Å²) < 4.78 is 5.17. The highest BCUT2D eigenvalue weighted by Gasteiger charge is 2.13. The molecule has 26 heavy (non-hydrogen) atoms. The molecule has 0 aliphatic carbocycles. The van der Waals surface area contributed by atoms with Crippen LogP contribution in [0.25, 0.3) is 10.8 Å². The van der Waals surface area contributed by atoms with E-state index in [-0.39, 0.29) is 28.7 Å². The normalized spacial score (nSPS) is 11.0. The van der Waals surface area contributed by atoms with Crippen LogP contribution in [0.15, 0.2) is 58.9 Å². The molecule has 3 aromatic rings. The molecule has 0 unspecified atom stereocenters. The van der Waals surface area contributed by atoms with Crippen molar-refractivity contribution in [1.82, 2.24) is 4.98 Å². The first-order valence-corrected chi connectivity index (χ1v) is 7.41. The first-order chi connectivity index (χ1) is 12.5. The van der Waals surface area contributed by atoms with Crippen molar-refractivity contribution in [1.29, 1.82) is 0 Å². The Morgan fingerprint density at radius 2 is 1.92 bits per heavy atom. The van der Waals surface area contributed by atoms with Gasteiger partial charge in [-0.15, -0.1) is 10.2 Å². The Bertz CT molecular complexity index is 1030. The number of nitrogens with zero attached hydrogens (tertiary/aromatic N) is 4. The lowest BCUT2D eigenvalue weighted by Gasteiger charge is -2.09. The molecule has 0 radical (unpaired) electrons. The zero-order valence-corrected chi connectivity index (χ0v) is 13.5. The van der Waals surface area contributed by atoms with Crippen LogP contribution in [0.5, 0.6) is 11.5 Å². The first-order valence-electron chi connectivity index (χ1n) is 7.41. The number of aromatic nitrogens is 1. The lowest BCUT2D eigenvalue weighted by molar-refractivity contribution is -0.385. The minimum absolute atomic E-state index is 0.0695. The van der Waals surface area contributed by atoms with Crippen LogP contribution in [0.1, 0.15) is 6.92 Å². The van der Waals surface area contributed by atoms with Crippen molar-refractivity contribution in [2.45, 2.75) is 6.92 Å². The molecule has 0 aliphatic heterocycles. The summed E-state index contributed by atoms with van der Waals surface area (Å²) in [4.78, 5) is 25.2. The van der Waals surface area contributed by atoms with E-state index in [0.717, 1.165) is 6.20 Å². The van der Waals surface area contributed by atoms with E-state index in [1.54, 1.807) is 24.3 Å². The molecule has 0 bridgehead atoms. The van der Waals surface area contributed by atoms with Crippen LogP contribution in [-0.4, -0.2) is 21.0 Å². The number of azo groups is 1. The van der Waals surface area contributed by atoms with Gasteiger partial charge in [0.25, 0.3) is 5.69 Å². The lowest BCUT2D eigenvalue weighted by Crippen LogP contribution is -2.01. The number of aromatic hydroxyl groups is 1. The molecular formula is C17H12N4O5. The molecule has 1 N–H and O–H groups in total. The summed E-state index contributed by atoms with van der Waals surface area (Å²) in [5.74, 6) is -0.295. The van der Waals surface area contributed by atoms with E-state index < -0.39 is 10.9 Å². The van der Waals surface area contributed by atoms with Gasteiger partial charge in [-0.3, -0.25) is 14.9 Å². The minimum atomic E-state index is -0.575. The van der Waals surface area contributed by atoms with Gasteiger partial charge < -0.3 is 9.84 Å². The Balaban J connectivity index is 2.02. The summed E-state index contributed by atoms with van der Waals surface area (Å²) in [5, 5.41) is 29.8. The molecule has 9 heteroatoms. The first kappa shape index (κ1) is 17.0. The molecule has 3 rings (SSSR count). The highest BCUT2D eigenvalue weighted by atomic mass is 16.6. The Labute approximate surface area is 146 Å². The Kier molecular flexibility index (Phi) is 4.52. The molecule has 1 aromatic heterocycles. The number of benzene rings is 2. The lowest BCUT2D eigenvalue weighted by atomic mass is 10.1. The van der Waals surface area contributed by atoms with Crippen LogP contribution in [0, 0.1) is 10.1 Å². The second-order valence-electron chi connectivity index (χ2n) is 5.21. The number of ether oxygens (including phenoxy) is 1. The van der Waals surface area contributed by atoms with Crippen molar-refractivity contribution in [3.8, 4) is 11.5 Å². The summed E-state index contributed by atoms with van der Waals surface area (Å²) in [6.07, 6.45) is 1.05. The summed E-state index contributed by atoms with van der Waals surface area (Å²) in [7, 11) is 0. The fourth-order valence-electron chi connectivity index (χ4n) is 2.28. The van der Waals surface area contributed by atoms with Crippen LogP contribution in [-0.2, 0) is 4.79 Å². The molecule has 0 fully saturated rings. The van der Waals surface area contributed by atoms with Gasteiger partial charge in [-0.2, -0.15) is 0 Å². The van der Waals surface area contributed by atoms with E-state index in [2.05, 4.69) is 15.2 Å². The minimum Gasteiger partial charge on any atom is -0.505 e. The smallest absolute Gasteiger partial charge is 0.308 e. The van der Waals surface area contributed by atoms with Gasteiger partial charge in [0, 0.05) is 29.8 Å². The van der Waals surface area contributed by atoms with Gasteiger partial charge in [-0.25, -0.2) is 4.98 Å². The van der Waals surface area contributed by atoms with Gasteiger partial charge in [0.2, 0.25) is 0 Å². The molecule has 9 nitrogen and oxygen atoms in total. The van der Waals surface area contributed by atoms with Crippen molar-refractivity contribution in [3.63, 3.8) is 0 Å². The van der Waals surface area contributed by atoms with E-state index in [1.165, 1.54) is 25.1 Å². The van der Waals surface area contributed by atoms with Gasteiger partial charge in [0.15, 0.2) is 11.6 Å². The molecule has 0 saturated heterocycles. The monoisotopic (exact) mass is 352 g/mol. The Morgan fingerprint density at radius 3 is 2.54 bits per heavy atom. The second-order valence-corrected chi connectivity index (χ2v) is 5.21. The predicted octanol–water partition coefficient (Wildman–Crippen LogP) is 4.19. The molecule has 0 spiro atoms. The van der Waals surface area contributed by atoms with Crippen molar-refractivity contribution in [3.05, 3.63) is 58.8 Å². The number of phenols is 1. The third kappa shape index (κ3) is 3.46. The number of hydrogen-bond acceptors (Lipinski definition) is 8. The summed E-state index contributed by atoms with van der Waals surface area (Å²) in [6, 6.07) is 10.8. The van der Waals surface area contributed by atoms with Gasteiger partial charge in [-0.1, -0.05) is 24.3 Å². The highest BCUT2D eigenvalue weighted by Crippen LogP contribution is 2.41. The molecule has 2 aromatic carbocycles. The number of hydrogen-bond donors (Lipinski definition) is 1. The molecule has 0 saturated carbocycles. The number of carbonyl (C=O) groups excluding carboxylic acids is 1. The Hall–Kier alpha value is -3.88. The summed E-state index contributed by atoms with van der Waals surface area (Å²) >= 11 is 0. The zero-order chi connectivity index (χ0) is 18.7. The third-order valence-corrected chi connectivity index (χ3v) is 3.42. The van der Waals surface area contributed by atoms with E-state index in [1.807, 2.05) is 0 Å². The second kappa shape index (κ2) is 6.93. The van der Waals surface area contributed by atoms with Crippen molar-refractivity contribution >= 4 is 33.9 Å². The van der Waals surface area contributed by atoms with Gasteiger partial charge in [0.1, 0.15) is 17.6 Å². The largest absolute Gasteiger partial charge is 0.505 e. The number of rotatable bonds is 4. The van der Waals surface area contributed by atoms with Crippen LogP contribution in [0.2, 0.25) is 0 Å². The maximum atomic E-state index is 11.3.